The molecule has 6 nitrogen and oxygen atoms in total. The number of H-pyrrole nitrogens is 1. The predicted molar refractivity (Wildman–Crippen MR) is 77.2 cm³/mol. The highest BCUT2D eigenvalue weighted by atomic mass is 35.5. The number of aromatic nitrogens is 3. The van der Waals surface area contributed by atoms with Crippen molar-refractivity contribution in [2.75, 3.05) is 6.54 Å². The summed E-state index contributed by atoms with van der Waals surface area (Å²) in [7, 11) is 0. The lowest BCUT2D eigenvalue weighted by Gasteiger charge is -2.21. The molecular weight excluding hydrogens is 292 g/mol. The minimum atomic E-state index is -0.129. The van der Waals surface area contributed by atoms with E-state index in [-0.39, 0.29) is 17.9 Å². The quantitative estimate of drug-likeness (QED) is 0.945. The van der Waals surface area contributed by atoms with Gasteiger partial charge in [0.05, 0.1) is 11.1 Å². The van der Waals surface area contributed by atoms with Gasteiger partial charge in [0.15, 0.2) is 5.82 Å². The molecule has 0 unspecified atom stereocenters. The largest absolute Gasteiger partial charge is 0.356 e. The minimum Gasteiger partial charge on any atom is -0.356 e. The van der Waals surface area contributed by atoms with Gasteiger partial charge >= 0.3 is 0 Å². The van der Waals surface area contributed by atoms with E-state index in [4.69, 9.17) is 16.1 Å². The van der Waals surface area contributed by atoms with Gasteiger partial charge in [-0.3, -0.25) is 4.79 Å². The first kappa shape index (κ1) is 14.1. The zero-order chi connectivity index (χ0) is 15.0. The van der Waals surface area contributed by atoms with Crippen molar-refractivity contribution in [2.24, 2.45) is 0 Å². The van der Waals surface area contributed by atoms with Crippen LogP contribution in [0.3, 0.4) is 0 Å². The molecule has 0 saturated carbocycles. The van der Waals surface area contributed by atoms with Crippen LogP contribution < -0.4 is 0 Å². The van der Waals surface area contributed by atoms with E-state index in [1.165, 1.54) is 0 Å². The topological polar surface area (TPSA) is 75.0 Å². The smallest absolute Gasteiger partial charge is 0.270 e. The van der Waals surface area contributed by atoms with E-state index in [1.807, 2.05) is 13.8 Å². The van der Waals surface area contributed by atoms with Crippen molar-refractivity contribution in [3.8, 4) is 0 Å². The Morgan fingerprint density at radius 1 is 1.57 bits per heavy atom. The fraction of sp³-hybridized carbons (Fsp3) is 0.500. The van der Waals surface area contributed by atoms with Crippen molar-refractivity contribution in [3.05, 3.63) is 34.7 Å². The molecule has 0 bridgehead atoms. The number of carbonyl (C=O) groups is 1. The van der Waals surface area contributed by atoms with Crippen molar-refractivity contribution in [1.82, 2.24) is 20.0 Å². The van der Waals surface area contributed by atoms with Crippen LogP contribution in [0.25, 0.3) is 0 Å². The summed E-state index contributed by atoms with van der Waals surface area (Å²) >= 11 is 5.86. The Bertz CT molecular complexity index is 649. The third kappa shape index (κ3) is 2.68. The van der Waals surface area contributed by atoms with Crippen molar-refractivity contribution in [1.29, 1.82) is 0 Å². The highest BCUT2D eigenvalue weighted by Gasteiger charge is 2.34. The summed E-state index contributed by atoms with van der Waals surface area (Å²) in [5.74, 6) is 1.29. The van der Waals surface area contributed by atoms with Crippen molar-refractivity contribution in [2.45, 2.75) is 38.6 Å². The maximum atomic E-state index is 12.5. The predicted octanol–water partition coefficient (Wildman–Crippen LogP) is 3.15. The number of likely N-dealkylation sites (tertiary alicyclic amines) is 1. The van der Waals surface area contributed by atoms with Gasteiger partial charge in [0.2, 0.25) is 5.89 Å². The number of halogens is 1. The van der Waals surface area contributed by atoms with E-state index in [1.54, 1.807) is 17.2 Å². The number of nitrogens with one attached hydrogen (secondary N) is 1. The fourth-order valence-corrected chi connectivity index (χ4v) is 2.71. The molecule has 0 spiro atoms. The van der Waals surface area contributed by atoms with Gasteiger partial charge in [-0.25, -0.2) is 0 Å². The zero-order valence-electron chi connectivity index (χ0n) is 12.0. The van der Waals surface area contributed by atoms with Crippen LogP contribution in [0.1, 0.15) is 60.9 Å². The van der Waals surface area contributed by atoms with Crippen LogP contribution in [0.2, 0.25) is 5.02 Å². The molecule has 112 valence electrons. The summed E-state index contributed by atoms with van der Waals surface area (Å²) in [5.41, 5.74) is 0.486. The van der Waals surface area contributed by atoms with E-state index in [2.05, 4.69) is 15.1 Å². The number of aromatic amines is 1. The van der Waals surface area contributed by atoms with Gasteiger partial charge in [0.1, 0.15) is 5.69 Å². The van der Waals surface area contributed by atoms with E-state index in [9.17, 15) is 4.79 Å². The lowest BCUT2D eigenvalue weighted by atomic mass is 10.2. The molecule has 1 N–H and O–H groups in total. The van der Waals surface area contributed by atoms with Gasteiger partial charge in [0.25, 0.3) is 5.91 Å². The molecule has 2 aromatic heterocycles. The second-order valence-electron chi connectivity index (χ2n) is 5.53. The van der Waals surface area contributed by atoms with Gasteiger partial charge in [-0.2, -0.15) is 4.98 Å². The van der Waals surface area contributed by atoms with Crippen molar-refractivity contribution < 1.29 is 9.32 Å². The van der Waals surface area contributed by atoms with Gasteiger partial charge in [-0.15, -0.1) is 0 Å². The molecule has 2 aromatic rings. The molecule has 1 amide bonds. The molecule has 1 fully saturated rings. The molecule has 1 aliphatic rings. The molecule has 21 heavy (non-hydrogen) atoms. The normalized spacial score (nSPS) is 18.7. The summed E-state index contributed by atoms with van der Waals surface area (Å²) in [6, 6.07) is 1.51. The number of carbonyl (C=O) groups excluding carboxylic acids is 1. The average Bonchev–Trinajstić information content (AvgIpc) is 3.17. The molecule has 1 aliphatic heterocycles. The highest BCUT2D eigenvalue weighted by molar-refractivity contribution is 6.30. The van der Waals surface area contributed by atoms with E-state index in [0.717, 1.165) is 12.8 Å². The number of hydrogen-bond donors (Lipinski definition) is 1. The first-order chi connectivity index (χ1) is 10.1. The third-order valence-electron chi connectivity index (χ3n) is 3.64. The molecule has 0 aliphatic carbocycles. The maximum Gasteiger partial charge on any atom is 0.270 e. The summed E-state index contributed by atoms with van der Waals surface area (Å²) < 4.78 is 5.25. The van der Waals surface area contributed by atoms with E-state index < -0.39 is 0 Å². The van der Waals surface area contributed by atoms with Crippen LogP contribution in [0.4, 0.5) is 0 Å². The Balaban J connectivity index is 1.83. The first-order valence-electron chi connectivity index (χ1n) is 7.04. The Hall–Kier alpha value is -1.82. The Labute approximate surface area is 127 Å². The molecule has 0 aromatic carbocycles. The molecule has 1 saturated heterocycles. The molecule has 1 atom stereocenters. The van der Waals surface area contributed by atoms with Gasteiger partial charge < -0.3 is 14.4 Å². The van der Waals surface area contributed by atoms with Gasteiger partial charge in [-0.05, 0) is 18.9 Å². The van der Waals surface area contributed by atoms with E-state index >= 15 is 0 Å². The van der Waals surface area contributed by atoms with Gasteiger partial charge in [0, 0.05) is 18.7 Å². The average molecular weight is 309 g/mol. The monoisotopic (exact) mass is 308 g/mol. The Kier molecular flexibility index (Phi) is 3.71. The van der Waals surface area contributed by atoms with Crippen LogP contribution in [0.15, 0.2) is 16.8 Å². The van der Waals surface area contributed by atoms with Crippen LogP contribution in [-0.4, -0.2) is 32.5 Å². The van der Waals surface area contributed by atoms with Gasteiger partial charge in [-0.1, -0.05) is 30.6 Å². The Morgan fingerprint density at radius 2 is 2.38 bits per heavy atom. The molecule has 7 heteroatoms. The molecule has 0 radical (unpaired) electrons. The number of rotatable bonds is 3. The zero-order valence-corrected chi connectivity index (χ0v) is 12.7. The van der Waals surface area contributed by atoms with E-state index in [0.29, 0.717) is 29.0 Å². The van der Waals surface area contributed by atoms with Crippen molar-refractivity contribution in [3.63, 3.8) is 0 Å². The maximum absolute atomic E-state index is 12.5. The second kappa shape index (κ2) is 5.52. The lowest BCUT2D eigenvalue weighted by molar-refractivity contribution is 0.0723. The van der Waals surface area contributed by atoms with Crippen LogP contribution >= 0.6 is 11.6 Å². The first-order valence-corrected chi connectivity index (χ1v) is 7.42. The third-order valence-corrected chi connectivity index (χ3v) is 3.86. The van der Waals surface area contributed by atoms with Crippen LogP contribution in [-0.2, 0) is 0 Å². The van der Waals surface area contributed by atoms with Crippen LogP contribution in [0.5, 0.6) is 0 Å². The molecule has 3 heterocycles. The summed E-state index contributed by atoms with van der Waals surface area (Å²) in [5, 5.41) is 4.56. The standard InChI is InChI=1S/C14H17ClN4O2/c1-8(2)13-17-12(18-21-13)11-4-3-5-19(11)14(20)10-6-9(15)7-16-10/h6-8,11,16H,3-5H2,1-2H3/t11-/m1/s1. The number of amides is 1. The number of hydrogen-bond acceptors (Lipinski definition) is 4. The number of nitrogens with zero attached hydrogens (tertiary/aromatic N) is 3. The van der Waals surface area contributed by atoms with Crippen LogP contribution in [0, 0.1) is 0 Å². The molecule has 3 rings (SSSR count). The Morgan fingerprint density at radius 3 is 3.00 bits per heavy atom. The second-order valence-corrected chi connectivity index (χ2v) is 5.97. The molecular formula is C14H17ClN4O2. The highest BCUT2D eigenvalue weighted by Crippen LogP contribution is 2.32. The van der Waals surface area contributed by atoms with Crippen molar-refractivity contribution >= 4 is 17.5 Å². The summed E-state index contributed by atoms with van der Waals surface area (Å²) in [6.45, 7) is 4.68. The SMILES string of the molecule is CC(C)c1nc([C@H]2CCCN2C(=O)c2cc(Cl)c[nH]2)no1. The fourth-order valence-electron chi connectivity index (χ4n) is 2.54. The lowest BCUT2D eigenvalue weighted by Crippen LogP contribution is -2.31. The summed E-state index contributed by atoms with van der Waals surface area (Å²) in [6.07, 6.45) is 3.37. The summed E-state index contributed by atoms with van der Waals surface area (Å²) in [4.78, 5) is 21.6. The minimum absolute atomic E-state index is 0.0831.